The van der Waals surface area contributed by atoms with Gasteiger partial charge in [-0.1, -0.05) is 27.7 Å². The number of nitrogens with one attached hydrogen (secondary N) is 1. The Morgan fingerprint density at radius 1 is 1.19 bits per heavy atom. The number of carbonyl (C=O) groups excluding carboxylic acids is 1. The Morgan fingerprint density at radius 2 is 1.67 bits per heavy atom. The number of hydrogen-bond donors (Lipinski definition) is 2. The van der Waals surface area contributed by atoms with Gasteiger partial charge in [0.1, 0.15) is 0 Å². The lowest BCUT2D eigenvalue weighted by atomic mass is 9.82. The molecule has 0 radical (unpaired) electrons. The van der Waals surface area contributed by atoms with Gasteiger partial charge in [0.15, 0.2) is 11.6 Å². The van der Waals surface area contributed by atoms with E-state index in [1.54, 1.807) is 0 Å². The fourth-order valence-electron chi connectivity index (χ4n) is 1.56. The molecular formula is C15H19F2NO3. The lowest BCUT2D eigenvalue weighted by Crippen LogP contribution is -2.34. The third-order valence-electron chi connectivity index (χ3n) is 3.58. The molecule has 0 aliphatic heterocycles. The molecule has 1 unspecified atom stereocenters. The van der Waals surface area contributed by atoms with E-state index in [2.05, 4.69) is 5.32 Å². The summed E-state index contributed by atoms with van der Waals surface area (Å²) in [4.78, 5) is 23.0. The van der Waals surface area contributed by atoms with Crippen molar-refractivity contribution >= 4 is 11.9 Å². The van der Waals surface area contributed by atoms with E-state index in [0.717, 1.165) is 0 Å². The molecule has 0 heterocycles. The first-order valence-corrected chi connectivity index (χ1v) is 6.54. The molecule has 1 aromatic carbocycles. The van der Waals surface area contributed by atoms with Crippen molar-refractivity contribution in [2.75, 3.05) is 6.54 Å². The molecular weight excluding hydrogens is 280 g/mol. The molecule has 0 aliphatic rings. The summed E-state index contributed by atoms with van der Waals surface area (Å²) in [6.45, 7) is 8.25. The molecule has 1 atom stereocenters. The largest absolute Gasteiger partial charge is 0.478 e. The van der Waals surface area contributed by atoms with Gasteiger partial charge in [0.05, 0.1) is 11.1 Å². The summed E-state index contributed by atoms with van der Waals surface area (Å²) in [5, 5.41) is 11.5. The monoisotopic (exact) mass is 299 g/mol. The molecule has 0 saturated carbocycles. The van der Waals surface area contributed by atoms with Gasteiger partial charge in [-0.25, -0.2) is 13.6 Å². The second kappa shape index (κ2) is 6.20. The second-order valence-corrected chi connectivity index (χ2v) is 6.09. The normalized spacial score (nSPS) is 12.9. The van der Waals surface area contributed by atoms with E-state index in [4.69, 9.17) is 5.11 Å². The number of halogens is 2. The van der Waals surface area contributed by atoms with Gasteiger partial charge in [-0.15, -0.1) is 0 Å². The van der Waals surface area contributed by atoms with Crippen LogP contribution < -0.4 is 5.32 Å². The minimum atomic E-state index is -1.48. The van der Waals surface area contributed by atoms with Crippen molar-refractivity contribution in [3.05, 3.63) is 34.9 Å². The first-order valence-electron chi connectivity index (χ1n) is 6.54. The maximum atomic E-state index is 13.2. The summed E-state index contributed by atoms with van der Waals surface area (Å²) < 4.78 is 26.3. The third-order valence-corrected chi connectivity index (χ3v) is 3.58. The lowest BCUT2D eigenvalue weighted by Gasteiger charge is -2.27. The molecule has 0 aliphatic carbocycles. The number of aromatic carboxylic acids is 1. The fraction of sp³-hybridized carbons (Fsp3) is 0.467. The van der Waals surface area contributed by atoms with Crippen LogP contribution in [-0.4, -0.2) is 23.5 Å². The summed E-state index contributed by atoms with van der Waals surface area (Å²) in [7, 11) is 0. The van der Waals surface area contributed by atoms with Gasteiger partial charge in [0.25, 0.3) is 5.91 Å². The fourth-order valence-corrected chi connectivity index (χ4v) is 1.56. The zero-order chi connectivity index (χ0) is 16.4. The van der Waals surface area contributed by atoms with Crippen LogP contribution in [-0.2, 0) is 0 Å². The number of hydrogen-bond acceptors (Lipinski definition) is 2. The molecule has 1 rings (SSSR count). The molecule has 116 valence electrons. The Hall–Kier alpha value is -1.98. The van der Waals surface area contributed by atoms with Gasteiger partial charge in [0, 0.05) is 6.54 Å². The van der Waals surface area contributed by atoms with Crippen molar-refractivity contribution in [3.63, 3.8) is 0 Å². The van der Waals surface area contributed by atoms with Crippen LogP contribution in [0.25, 0.3) is 0 Å². The summed E-state index contributed by atoms with van der Waals surface area (Å²) in [5.74, 6) is -4.65. The number of carboxylic acid groups (broad SMARTS) is 1. The minimum absolute atomic E-state index is 0.0447. The van der Waals surface area contributed by atoms with Crippen LogP contribution in [0.3, 0.4) is 0 Å². The SMILES string of the molecule is CC(CNC(=O)c1cc(F)c(F)cc1C(=O)O)C(C)(C)C. The summed E-state index contributed by atoms with van der Waals surface area (Å²) in [6, 6.07) is 1.12. The van der Waals surface area contributed by atoms with Gasteiger partial charge < -0.3 is 10.4 Å². The maximum Gasteiger partial charge on any atom is 0.336 e. The predicted octanol–water partition coefficient (Wildman–Crippen LogP) is 3.08. The Balaban J connectivity index is 2.97. The van der Waals surface area contributed by atoms with Gasteiger partial charge in [0.2, 0.25) is 0 Å². The van der Waals surface area contributed by atoms with Gasteiger partial charge in [-0.2, -0.15) is 0 Å². The van der Waals surface area contributed by atoms with Crippen LogP contribution >= 0.6 is 0 Å². The van der Waals surface area contributed by atoms with Crippen LogP contribution in [0, 0.1) is 23.0 Å². The van der Waals surface area contributed by atoms with Crippen LogP contribution in [0.2, 0.25) is 0 Å². The number of rotatable bonds is 4. The molecule has 1 amide bonds. The average molecular weight is 299 g/mol. The van der Waals surface area contributed by atoms with E-state index in [1.807, 2.05) is 27.7 Å². The van der Waals surface area contributed by atoms with E-state index >= 15 is 0 Å². The molecule has 4 nitrogen and oxygen atoms in total. The molecule has 6 heteroatoms. The van der Waals surface area contributed by atoms with E-state index in [-0.39, 0.29) is 16.9 Å². The maximum absolute atomic E-state index is 13.2. The summed E-state index contributed by atoms with van der Waals surface area (Å²) in [6.07, 6.45) is 0. The zero-order valence-electron chi connectivity index (χ0n) is 12.5. The predicted molar refractivity (Wildman–Crippen MR) is 74.3 cm³/mol. The summed E-state index contributed by atoms with van der Waals surface area (Å²) in [5.41, 5.74) is -0.992. The number of amides is 1. The lowest BCUT2D eigenvalue weighted by molar-refractivity contribution is 0.0689. The average Bonchev–Trinajstić information content (AvgIpc) is 2.36. The first kappa shape index (κ1) is 17.1. The number of carbonyl (C=O) groups is 2. The smallest absolute Gasteiger partial charge is 0.336 e. The van der Waals surface area contributed by atoms with Gasteiger partial charge >= 0.3 is 5.97 Å². The van der Waals surface area contributed by atoms with Gasteiger partial charge in [-0.05, 0) is 23.5 Å². The second-order valence-electron chi connectivity index (χ2n) is 6.09. The Kier molecular flexibility index (Phi) is 5.04. The van der Waals surface area contributed by atoms with Crippen LogP contribution in [0.5, 0.6) is 0 Å². The highest BCUT2D eigenvalue weighted by atomic mass is 19.2. The quantitative estimate of drug-likeness (QED) is 0.898. The molecule has 0 spiro atoms. The third kappa shape index (κ3) is 4.24. The standard InChI is InChI=1S/C15H19F2NO3/c1-8(15(2,3)4)7-18-13(19)9-5-11(16)12(17)6-10(9)14(20)21/h5-6,8H,7H2,1-4H3,(H,18,19)(H,20,21). The van der Waals surface area contributed by atoms with E-state index in [9.17, 15) is 18.4 Å². The first-order chi connectivity index (χ1) is 9.54. The van der Waals surface area contributed by atoms with Crippen molar-refractivity contribution in [1.29, 1.82) is 0 Å². The van der Waals surface area contributed by atoms with Crippen LogP contribution in [0.1, 0.15) is 48.4 Å². The van der Waals surface area contributed by atoms with E-state index < -0.39 is 29.1 Å². The highest BCUT2D eigenvalue weighted by Gasteiger charge is 2.23. The number of benzene rings is 1. The minimum Gasteiger partial charge on any atom is -0.478 e. The van der Waals surface area contributed by atoms with Crippen molar-refractivity contribution in [2.24, 2.45) is 11.3 Å². The Morgan fingerprint density at radius 3 is 2.10 bits per heavy atom. The number of carboxylic acids is 1. The molecule has 0 saturated heterocycles. The molecule has 1 aromatic rings. The topological polar surface area (TPSA) is 66.4 Å². The van der Waals surface area contributed by atoms with Crippen molar-refractivity contribution in [2.45, 2.75) is 27.7 Å². The highest BCUT2D eigenvalue weighted by Crippen LogP contribution is 2.24. The van der Waals surface area contributed by atoms with Crippen LogP contribution in [0.15, 0.2) is 12.1 Å². The van der Waals surface area contributed by atoms with Crippen molar-refractivity contribution in [3.8, 4) is 0 Å². The van der Waals surface area contributed by atoms with E-state index in [1.165, 1.54) is 0 Å². The Labute approximate surface area is 122 Å². The summed E-state index contributed by atoms with van der Waals surface area (Å²) >= 11 is 0. The molecule has 0 bridgehead atoms. The molecule has 0 fully saturated rings. The zero-order valence-corrected chi connectivity index (χ0v) is 12.5. The molecule has 0 aromatic heterocycles. The molecule has 21 heavy (non-hydrogen) atoms. The van der Waals surface area contributed by atoms with Crippen molar-refractivity contribution in [1.82, 2.24) is 5.32 Å². The Bertz CT molecular complexity index is 565. The van der Waals surface area contributed by atoms with Crippen molar-refractivity contribution < 1.29 is 23.5 Å². The van der Waals surface area contributed by atoms with E-state index in [0.29, 0.717) is 18.7 Å². The highest BCUT2D eigenvalue weighted by molar-refractivity contribution is 6.04. The molecule has 2 N–H and O–H groups in total. The van der Waals surface area contributed by atoms with Gasteiger partial charge in [-0.3, -0.25) is 4.79 Å². The van der Waals surface area contributed by atoms with Crippen LogP contribution in [0.4, 0.5) is 8.78 Å².